The molecular weight excluding hydrogens is 422 g/mol. The molecule has 0 radical (unpaired) electrons. The number of aromatic amines is 1. The van der Waals surface area contributed by atoms with E-state index < -0.39 is 23.4 Å². The molecule has 1 heterocycles. The molecule has 0 aliphatic heterocycles. The summed E-state index contributed by atoms with van der Waals surface area (Å²) in [5.41, 5.74) is -0.338. The number of hydrogen-bond donors (Lipinski definition) is 2. The number of nitrogens with one attached hydrogen (secondary N) is 1. The molecule has 1 aromatic heterocycles. The Kier molecular flexibility index (Phi) is 27.5. The van der Waals surface area contributed by atoms with E-state index in [0.29, 0.717) is 13.0 Å². The number of pyridine rings is 1. The van der Waals surface area contributed by atoms with Gasteiger partial charge in [0, 0.05) is 12.6 Å². The van der Waals surface area contributed by atoms with E-state index in [1.54, 1.807) is 20.8 Å². The molecule has 0 bridgehead atoms. The van der Waals surface area contributed by atoms with Crippen molar-refractivity contribution in [3.8, 4) is 5.75 Å². The van der Waals surface area contributed by atoms with Crippen LogP contribution in [0.1, 0.15) is 78.7 Å². The lowest BCUT2D eigenvalue weighted by Crippen LogP contribution is -2.22. The fourth-order valence-electron chi connectivity index (χ4n) is 1.85. The van der Waals surface area contributed by atoms with E-state index in [9.17, 15) is 24.3 Å². The van der Waals surface area contributed by atoms with Crippen molar-refractivity contribution >= 4 is 23.9 Å². The largest absolute Gasteiger partial charge is 0.507 e. The van der Waals surface area contributed by atoms with Crippen LogP contribution in [0.15, 0.2) is 11.0 Å². The Morgan fingerprint density at radius 1 is 1.06 bits per heavy atom. The molecule has 1 atom stereocenters. The number of ketones is 1. The molecule has 0 aromatic carbocycles. The van der Waals surface area contributed by atoms with Crippen LogP contribution in [0.5, 0.6) is 5.75 Å². The van der Waals surface area contributed by atoms with Crippen molar-refractivity contribution < 1.29 is 38.6 Å². The van der Waals surface area contributed by atoms with Gasteiger partial charge in [0.2, 0.25) is 0 Å². The molecule has 186 valence electrons. The van der Waals surface area contributed by atoms with Crippen LogP contribution < -0.4 is 5.56 Å². The Labute approximate surface area is 190 Å². The molecule has 32 heavy (non-hydrogen) atoms. The maximum atomic E-state index is 11.2. The predicted molar refractivity (Wildman–Crippen MR) is 120 cm³/mol. The summed E-state index contributed by atoms with van der Waals surface area (Å²) in [6.07, 6.45) is 2.63. The highest BCUT2D eigenvalue weighted by atomic mass is 16.5. The number of aromatic nitrogens is 1. The number of carbonyl (C=O) groups is 3. The molecule has 10 heteroatoms. The number of rotatable bonds is 7. The SMILES string of the molecule is C.C.C.CCCC(=O)C(C)C(=O)OCC.CCOC(=O)c1c[nH]c(=O)c(C)c1O.O=C=O. The Bertz CT molecular complexity index is 745. The molecule has 0 saturated heterocycles. The van der Waals surface area contributed by atoms with Crippen molar-refractivity contribution in [2.45, 2.75) is 69.7 Å². The molecule has 0 amide bonds. The Morgan fingerprint density at radius 2 is 1.53 bits per heavy atom. The van der Waals surface area contributed by atoms with Crippen LogP contribution in [0.25, 0.3) is 0 Å². The first-order chi connectivity index (χ1) is 13.6. The molecule has 0 aliphatic rings. The first-order valence-corrected chi connectivity index (χ1v) is 8.89. The molecular formula is C22H39NO9. The van der Waals surface area contributed by atoms with Gasteiger partial charge < -0.3 is 19.6 Å². The van der Waals surface area contributed by atoms with Crippen LogP contribution >= 0.6 is 0 Å². The molecule has 10 nitrogen and oxygen atoms in total. The van der Waals surface area contributed by atoms with Gasteiger partial charge in [-0.1, -0.05) is 29.2 Å². The van der Waals surface area contributed by atoms with Gasteiger partial charge in [-0.2, -0.15) is 9.59 Å². The zero-order chi connectivity index (χ0) is 23.0. The number of H-pyrrole nitrogens is 1. The fraction of sp³-hybridized carbons (Fsp3) is 0.591. The Morgan fingerprint density at radius 3 is 1.94 bits per heavy atom. The van der Waals surface area contributed by atoms with E-state index >= 15 is 0 Å². The molecule has 0 saturated carbocycles. The van der Waals surface area contributed by atoms with E-state index in [1.165, 1.54) is 6.92 Å². The third-order valence-corrected chi connectivity index (χ3v) is 3.41. The van der Waals surface area contributed by atoms with Crippen LogP contribution in [-0.2, 0) is 28.7 Å². The van der Waals surface area contributed by atoms with Crippen molar-refractivity contribution in [3.05, 3.63) is 27.7 Å². The zero-order valence-corrected chi connectivity index (χ0v) is 17.2. The van der Waals surface area contributed by atoms with Crippen LogP contribution in [0.2, 0.25) is 0 Å². The minimum absolute atomic E-state index is 0. The highest BCUT2D eigenvalue weighted by molar-refractivity contribution is 5.98. The molecule has 2 N–H and O–H groups in total. The highest BCUT2D eigenvalue weighted by Gasteiger charge is 2.21. The lowest BCUT2D eigenvalue weighted by Gasteiger charge is -2.07. The topological polar surface area (TPSA) is 157 Å². The fourth-order valence-corrected chi connectivity index (χ4v) is 1.85. The maximum Gasteiger partial charge on any atom is 0.373 e. The molecule has 1 rings (SSSR count). The van der Waals surface area contributed by atoms with Gasteiger partial charge in [-0.3, -0.25) is 14.4 Å². The number of aromatic hydroxyl groups is 1. The zero-order valence-electron chi connectivity index (χ0n) is 17.2. The normalized spacial score (nSPS) is 9.16. The van der Waals surface area contributed by atoms with Crippen LogP contribution in [0.4, 0.5) is 0 Å². The standard InChI is InChI=1S/C9H11NO4.C9H16O3.CO2.3CH4/c1-3-14-9(13)6-4-10-8(12)5(2)7(6)11;1-4-6-8(10)7(3)9(11)12-5-2;2-1-3;;;/h4H,3H2,1-2H3,(H2,10,11,12);7H,4-6H2,1-3H3;;3*1H4. The monoisotopic (exact) mass is 461 g/mol. The summed E-state index contributed by atoms with van der Waals surface area (Å²) in [6.45, 7) is 8.88. The second-order valence-corrected chi connectivity index (χ2v) is 5.50. The lowest BCUT2D eigenvalue weighted by molar-refractivity contribution is -0.191. The molecule has 0 aliphatic carbocycles. The summed E-state index contributed by atoms with van der Waals surface area (Å²) in [7, 11) is 0. The number of Topliss-reactive ketones (excluding diaryl/α,β-unsaturated/α-hetero) is 1. The van der Waals surface area contributed by atoms with Gasteiger partial charge in [0.1, 0.15) is 23.0 Å². The third kappa shape index (κ3) is 14.7. The Hall–Kier alpha value is -3.26. The minimum atomic E-state index is -0.649. The number of esters is 2. The van der Waals surface area contributed by atoms with Crippen molar-refractivity contribution in [2.75, 3.05) is 13.2 Å². The summed E-state index contributed by atoms with van der Waals surface area (Å²) in [5, 5.41) is 9.45. The molecule has 0 fully saturated rings. The second kappa shape index (κ2) is 22.4. The highest BCUT2D eigenvalue weighted by Crippen LogP contribution is 2.18. The predicted octanol–water partition coefficient (Wildman–Crippen LogP) is 3.45. The van der Waals surface area contributed by atoms with E-state index in [2.05, 4.69) is 9.72 Å². The van der Waals surface area contributed by atoms with Gasteiger partial charge in [-0.15, -0.1) is 0 Å². The third-order valence-electron chi connectivity index (χ3n) is 3.41. The van der Waals surface area contributed by atoms with E-state index in [0.717, 1.165) is 12.6 Å². The van der Waals surface area contributed by atoms with Crippen molar-refractivity contribution in [2.24, 2.45) is 5.92 Å². The summed E-state index contributed by atoms with van der Waals surface area (Å²) in [4.78, 5) is 63.0. The van der Waals surface area contributed by atoms with E-state index in [-0.39, 0.29) is 57.7 Å². The Balaban J connectivity index is -0.000000126. The molecule has 1 aromatic rings. The smallest absolute Gasteiger partial charge is 0.373 e. The summed E-state index contributed by atoms with van der Waals surface area (Å²) >= 11 is 0. The first-order valence-electron chi connectivity index (χ1n) is 8.89. The molecule has 0 spiro atoms. The first kappa shape index (κ1) is 39.2. The number of carbonyl (C=O) groups excluding carboxylic acids is 5. The van der Waals surface area contributed by atoms with Crippen LogP contribution in [0.3, 0.4) is 0 Å². The summed E-state index contributed by atoms with van der Waals surface area (Å²) in [6, 6.07) is 0. The van der Waals surface area contributed by atoms with Gasteiger partial charge in [-0.25, -0.2) is 4.79 Å². The van der Waals surface area contributed by atoms with E-state index in [1.807, 2.05) is 6.92 Å². The summed E-state index contributed by atoms with van der Waals surface area (Å²) in [5.74, 6) is -2.01. The van der Waals surface area contributed by atoms with Crippen molar-refractivity contribution in [1.82, 2.24) is 4.98 Å². The average Bonchev–Trinajstić information content (AvgIpc) is 2.67. The maximum absolute atomic E-state index is 11.2. The lowest BCUT2D eigenvalue weighted by atomic mass is 10.0. The van der Waals surface area contributed by atoms with Gasteiger partial charge >= 0.3 is 18.1 Å². The van der Waals surface area contributed by atoms with Gasteiger partial charge in [-0.05, 0) is 34.1 Å². The quantitative estimate of drug-likeness (QED) is 0.458. The van der Waals surface area contributed by atoms with Crippen LogP contribution in [-0.4, -0.2) is 47.2 Å². The average molecular weight is 462 g/mol. The van der Waals surface area contributed by atoms with Crippen molar-refractivity contribution in [1.29, 1.82) is 0 Å². The number of hydrogen-bond acceptors (Lipinski definition) is 9. The van der Waals surface area contributed by atoms with E-state index in [4.69, 9.17) is 14.3 Å². The molecule has 1 unspecified atom stereocenters. The minimum Gasteiger partial charge on any atom is -0.507 e. The second-order valence-electron chi connectivity index (χ2n) is 5.50. The number of ether oxygens (including phenoxy) is 2. The van der Waals surface area contributed by atoms with Crippen molar-refractivity contribution in [3.63, 3.8) is 0 Å². The van der Waals surface area contributed by atoms with Crippen LogP contribution in [0, 0.1) is 12.8 Å². The van der Waals surface area contributed by atoms with Gasteiger partial charge in [0.25, 0.3) is 5.56 Å². The summed E-state index contributed by atoms with van der Waals surface area (Å²) < 4.78 is 9.39. The van der Waals surface area contributed by atoms with Gasteiger partial charge in [0.15, 0.2) is 0 Å². The van der Waals surface area contributed by atoms with Gasteiger partial charge in [0.05, 0.1) is 18.8 Å².